The van der Waals surface area contributed by atoms with Crippen LogP contribution < -0.4 is 11.3 Å². The molecular weight excluding hydrogens is 268 g/mol. The summed E-state index contributed by atoms with van der Waals surface area (Å²) in [5.41, 5.74) is 0.386. The van der Waals surface area contributed by atoms with Crippen LogP contribution in [0.25, 0.3) is 11.2 Å². The lowest BCUT2D eigenvalue weighted by molar-refractivity contribution is -0.0512. The molecule has 2 aromatic heterocycles. The molecule has 20 heavy (non-hydrogen) atoms. The van der Waals surface area contributed by atoms with E-state index in [9.17, 15) is 10.2 Å². The van der Waals surface area contributed by atoms with Crippen molar-refractivity contribution in [3.8, 4) is 0 Å². The van der Waals surface area contributed by atoms with Crippen LogP contribution in [0.3, 0.4) is 0 Å². The first-order chi connectivity index (χ1) is 10.1. The van der Waals surface area contributed by atoms with Gasteiger partial charge in [-0.3, -0.25) is 9.98 Å². The van der Waals surface area contributed by atoms with Gasteiger partial charge in [0.1, 0.15) is 24.6 Å². The Kier molecular flexibility index (Phi) is 2.67. The van der Waals surface area contributed by atoms with Crippen molar-refractivity contribution in [2.75, 3.05) is 12.4 Å². The number of nitrogens with two attached hydrogens (primary N) is 1. The van der Waals surface area contributed by atoms with Crippen molar-refractivity contribution in [1.82, 2.24) is 19.2 Å². The molecule has 0 bridgehead atoms. The Hall–Kier alpha value is -2.01. The molecule has 0 aromatic carbocycles. The molecule has 3 rings (SSSR count). The fourth-order valence-corrected chi connectivity index (χ4v) is 2.29. The van der Waals surface area contributed by atoms with Gasteiger partial charge in [0.25, 0.3) is 0 Å². The predicted octanol–water partition coefficient (Wildman–Crippen LogP) is -2.96. The first-order valence-corrected chi connectivity index (χ1v) is 5.87. The lowest BCUT2D eigenvalue weighted by Crippen LogP contribution is -2.33. The number of nitrogens with one attached hydrogen (secondary N) is 1. The summed E-state index contributed by atoms with van der Waals surface area (Å²) in [4.78, 5) is 7.78. The van der Waals surface area contributed by atoms with E-state index in [-0.39, 0.29) is 16.7 Å². The van der Waals surface area contributed by atoms with E-state index in [1.54, 1.807) is 0 Å². The lowest BCUT2D eigenvalue weighted by Gasteiger charge is -2.17. The Morgan fingerprint density at radius 1 is 1.40 bits per heavy atom. The smallest absolute Gasteiger partial charge is 0.178 e. The second kappa shape index (κ2) is 4.52. The maximum Gasteiger partial charge on any atom is 0.178 e. The van der Waals surface area contributed by atoms with Crippen LogP contribution in [0.4, 0.5) is 0 Å². The number of hydrogen-bond donors (Lipinski definition) is 5. The molecule has 2 aromatic rings. The van der Waals surface area contributed by atoms with Gasteiger partial charge in [0.15, 0.2) is 24.3 Å². The molecule has 0 radical (unpaired) electrons. The minimum atomic E-state index is -1.28. The molecule has 10 heteroatoms. The monoisotopic (exact) mass is 283 g/mol. The van der Waals surface area contributed by atoms with E-state index < -0.39 is 31.1 Å². The number of nitrogen functional groups attached to an aromatic ring is 1. The summed E-state index contributed by atoms with van der Waals surface area (Å²) < 4.78 is 15.2. The van der Waals surface area contributed by atoms with Gasteiger partial charge >= 0.3 is 0 Å². The van der Waals surface area contributed by atoms with Gasteiger partial charge in [0.05, 0.1) is 12.9 Å². The molecule has 0 amide bonds. The van der Waals surface area contributed by atoms with E-state index in [0.29, 0.717) is 0 Å². The maximum absolute atomic E-state index is 10.0. The highest BCUT2D eigenvalue weighted by Gasteiger charge is 2.44. The van der Waals surface area contributed by atoms with Crippen molar-refractivity contribution in [1.29, 1.82) is 5.41 Å². The van der Waals surface area contributed by atoms with Crippen LogP contribution in [0.15, 0.2) is 12.7 Å². The molecule has 1 fully saturated rings. The van der Waals surface area contributed by atoms with Crippen molar-refractivity contribution in [3.63, 3.8) is 0 Å². The molecule has 108 valence electrons. The first-order valence-electron chi connectivity index (χ1n) is 6.37. The maximum atomic E-state index is 10.0. The van der Waals surface area contributed by atoms with E-state index in [1.807, 2.05) is 0 Å². The number of aliphatic hydroxyl groups is 3. The van der Waals surface area contributed by atoms with Crippen LogP contribution in [0.2, 0.25) is 1.41 Å². The highest BCUT2D eigenvalue weighted by Crippen LogP contribution is 2.30. The number of ether oxygens (including phenoxy) is 1. The standard InChI is InChI=1S/C10H14N6O4/c11-8-5-9(16(12)3-14-8)15(2-13-5)10-7(19)6(18)4(1-17)20-10/h2-4,6-7,10-11,17-19H,1,12H2/t4-,6-,7-,10-/m1/s1/i/hD. The van der Waals surface area contributed by atoms with E-state index >= 15 is 0 Å². The molecule has 10 nitrogen and oxygen atoms in total. The normalized spacial score (nSPS) is 30.6. The molecule has 1 aliphatic rings. The molecular formula is C10H14N6O4. The first kappa shape index (κ1) is 11.8. The van der Waals surface area contributed by atoms with Gasteiger partial charge in [-0.05, 0) is 0 Å². The zero-order valence-corrected chi connectivity index (χ0v) is 10.2. The summed E-state index contributed by atoms with van der Waals surface area (Å²) in [6.07, 6.45) is -1.90. The molecule has 1 saturated heterocycles. The van der Waals surface area contributed by atoms with Crippen molar-refractivity contribution in [2.24, 2.45) is 0 Å². The van der Waals surface area contributed by atoms with Crippen LogP contribution in [-0.4, -0.2) is 59.4 Å². The van der Waals surface area contributed by atoms with E-state index in [2.05, 4.69) is 15.8 Å². The summed E-state index contributed by atoms with van der Waals surface area (Å²) in [5, 5.41) is 36.7. The molecule has 0 saturated carbocycles. The molecule has 1 aliphatic heterocycles. The third kappa shape index (κ3) is 1.70. The SMILES string of the molecule is [2H]Nn1cnc(=N)c2ncn([C@@H]3O[C@H](CO)[C@@H](O)[C@H]3O)c21. The molecule has 3 heterocycles. The number of aromatic nitrogens is 4. The summed E-state index contributed by atoms with van der Waals surface area (Å²) in [6.45, 7) is -0.441. The van der Waals surface area contributed by atoms with Crippen molar-refractivity contribution in [3.05, 3.63) is 18.1 Å². The Morgan fingerprint density at radius 2 is 2.20 bits per heavy atom. The Bertz CT molecular complexity index is 717. The van der Waals surface area contributed by atoms with Crippen LogP contribution in [-0.2, 0) is 4.74 Å². The number of fused-ring (bicyclic) bond motifs is 1. The number of hydrogen-bond acceptors (Lipinski definition) is 8. The molecule has 0 spiro atoms. The predicted molar refractivity (Wildman–Crippen MR) is 64.5 cm³/mol. The highest BCUT2D eigenvalue weighted by molar-refractivity contribution is 5.69. The summed E-state index contributed by atoms with van der Waals surface area (Å²) >= 11 is 0. The second-order valence-electron chi connectivity index (χ2n) is 4.52. The Labute approximate surface area is 113 Å². The summed E-state index contributed by atoms with van der Waals surface area (Å²) in [6, 6.07) is 0. The number of aliphatic hydroxyl groups excluding tert-OH is 3. The van der Waals surface area contributed by atoms with E-state index in [4.69, 9.17) is 16.7 Å². The van der Waals surface area contributed by atoms with Gasteiger partial charge in [0.2, 0.25) is 0 Å². The van der Waals surface area contributed by atoms with Crippen LogP contribution in [0, 0.1) is 5.41 Å². The molecule has 6 N–H and O–H groups in total. The topological polar surface area (TPSA) is 155 Å². The minimum absolute atomic E-state index is 0.0954. The van der Waals surface area contributed by atoms with Gasteiger partial charge in [-0.25, -0.2) is 14.6 Å². The number of imidazole rings is 1. The lowest BCUT2D eigenvalue weighted by atomic mass is 10.1. The van der Waals surface area contributed by atoms with Crippen molar-refractivity contribution in [2.45, 2.75) is 24.5 Å². The van der Waals surface area contributed by atoms with Crippen LogP contribution in [0.1, 0.15) is 6.23 Å². The average Bonchev–Trinajstić information content (AvgIpc) is 3.04. The molecule has 4 atom stereocenters. The molecule has 0 unspecified atom stereocenters. The third-order valence-electron chi connectivity index (χ3n) is 3.31. The van der Waals surface area contributed by atoms with Crippen LogP contribution >= 0.6 is 0 Å². The Balaban J connectivity index is 2.14. The van der Waals surface area contributed by atoms with Gasteiger partial charge in [-0.15, -0.1) is 0 Å². The quantitative estimate of drug-likeness (QED) is 0.377. The van der Waals surface area contributed by atoms with E-state index in [0.717, 1.165) is 0 Å². The van der Waals surface area contributed by atoms with Gasteiger partial charge < -0.3 is 25.9 Å². The van der Waals surface area contributed by atoms with Crippen molar-refractivity contribution < 1.29 is 21.5 Å². The summed E-state index contributed by atoms with van der Waals surface area (Å²) in [7, 11) is 0. The van der Waals surface area contributed by atoms with Gasteiger partial charge in [-0.1, -0.05) is 0 Å². The number of rotatable bonds is 3. The zero-order valence-electron chi connectivity index (χ0n) is 11.2. The highest BCUT2D eigenvalue weighted by atomic mass is 16.6. The van der Waals surface area contributed by atoms with Crippen molar-refractivity contribution >= 4 is 11.2 Å². The fourth-order valence-electron chi connectivity index (χ4n) is 2.29. The van der Waals surface area contributed by atoms with E-state index in [1.165, 1.54) is 21.9 Å². The largest absolute Gasteiger partial charge is 0.394 e. The van der Waals surface area contributed by atoms with Gasteiger partial charge in [-0.2, -0.15) is 0 Å². The Morgan fingerprint density at radius 3 is 2.85 bits per heavy atom. The minimum Gasteiger partial charge on any atom is -0.394 e. The molecule has 0 aliphatic carbocycles. The fraction of sp³-hybridized carbons (Fsp3) is 0.500. The van der Waals surface area contributed by atoms with Crippen LogP contribution in [0.5, 0.6) is 0 Å². The number of nitrogens with zero attached hydrogens (tertiary/aromatic N) is 4. The second-order valence-corrected chi connectivity index (χ2v) is 4.52. The summed E-state index contributed by atoms with van der Waals surface area (Å²) in [5.74, 6) is 2.11. The van der Waals surface area contributed by atoms with Gasteiger partial charge in [0, 0.05) is 0 Å². The third-order valence-corrected chi connectivity index (χ3v) is 3.31. The zero-order chi connectivity index (χ0) is 15.1. The average molecular weight is 283 g/mol.